The van der Waals surface area contributed by atoms with Crippen molar-refractivity contribution in [3.8, 4) is 22.8 Å². The molecule has 0 saturated carbocycles. The number of para-hydroxylation sites is 2. The molecule has 0 unspecified atom stereocenters. The Hall–Kier alpha value is -4.04. The van der Waals surface area contributed by atoms with Gasteiger partial charge in [-0.05, 0) is 42.5 Å². The summed E-state index contributed by atoms with van der Waals surface area (Å²) in [5, 5.41) is 11.5. The Kier molecular flexibility index (Phi) is 4.48. The summed E-state index contributed by atoms with van der Waals surface area (Å²) < 4.78 is 7.10. The van der Waals surface area contributed by atoms with Crippen molar-refractivity contribution in [2.75, 3.05) is 7.11 Å². The van der Waals surface area contributed by atoms with Gasteiger partial charge in [0.2, 0.25) is 0 Å². The third-order valence-electron chi connectivity index (χ3n) is 4.90. The number of methoxy groups -OCH3 is 1. The van der Waals surface area contributed by atoms with Gasteiger partial charge in [-0.1, -0.05) is 23.7 Å². The summed E-state index contributed by atoms with van der Waals surface area (Å²) >= 11 is 6.38. The second-order valence-corrected chi connectivity index (χ2v) is 7.16. The Morgan fingerprint density at radius 2 is 1.68 bits per heavy atom. The molecule has 0 saturated heterocycles. The van der Waals surface area contributed by atoms with Crippen LogP contribution in [0.4, 0.5) is 5.69 Å². The molecule has 0 aliphatic carbocycles. The molecule has 0 aliphatic rings. The molecule has 152 valence electrons. The zero-order chi connectivity index (χ0) is 21.5. The van der Waals surface area contributed by atoms with Crippen LogP contribution in [-0.2, 0) is 0 Å². The van der Waals surface area contributed by atoms with Crippen molar-refractivity contribution in [1.82, 2.24) is 19.5 Å². The summed E-state index contributed by atoms with van der Waals surface area (Å²) in [6.07, 6.45) is 0. The Labute approximate surface area is 180 Å². The lowest BCUT2D eigenvalue weighted by molar-refractivity contribution is -0.384. The smallest absolute Gasteiger partial charge is 0.269 e. The van der Waals surface area contributed by atoms with E-state index in [1.807, 2.05) is 34.9 Å². The minimum absolute atomic E-state index is 0.000825. The minimum Gasteiger partial charge on any atom is -0.495 e. The first kappa shape index (κ1) is 19.0. The summed E-state index contributed by atoms with van der Waals surface area (Å²) in [4.78, 5) is 24.7. The molecule has 0 bridgehead atoms. The van der Waals surface area contributed by atoms with Gasteiger partial charge < -0.3 is 4.74 Å². The van der Waals surface area contributed by atoms with Gasteiger partial charge in [0.15, 0.2) is 11.3 Å². The van der Waals surface area contributed by atoms with Crippen molar-refractivity contribution in [3.05, 3.63) is 81.9 Å². The van der Waals surface area contributed by atoms with E-state index in [9.17, 15) is 10.1 Å². The fraction of sp³-hybridized carbons (Fsp3) is 0.0455. The molecule has 2 heterocycles. The lowest BCUT2D eigenvalue weighted by Gasteiger charge is -2.11. The molecular weight excluding hydrogens is 418 g/mol. The zero-order valence-corrected chi connectivity index (χ0v) is 16.9. The van der Waals surface area contributed by atoms with Gasteiger partial charge in [-0.2, -0.15) is 0 Å². The first-order valence-corrected chi connectivity index (χ1v) is 9.67. The molecular formula is C22H14ClN5O3. The fourth-order valence-corrected chi connectivity index (χ4v) is 3.67. The normalized spacial score (nSPS) is 11.2. The van der Waals surface area contributed by atoms with Gasteiger partial charge >= 0.3 is 0 Å². The van der Waals surface area contributed by atoms with Crippen LogP contribution < -0.4 is 4.74 Å². The Morgan fingerprint density at radius 1 is 0.968 bits per heavy atom. The second-order valence-electron chi connectivity index (χ2n) is 6.75. The quantitative estimate of drug-likeness (QED) is 0.286. The van der Waals surface area contributed by atoms with E-state index < -0.39 is 4.92 Å². The van der Waals surface area contributed by atoms with Crippen molar-refractivity contribution in [2.45, 2.75) is 0 Å². The lowest BCUT2D eigenvalue weighted by Crippen LogP contribution is -2.00. The molecule has 9 heteroatoms. The van der Waals surface area contributed by atoms with E-state index >= 15 is 0 Å². The Bertz CT molecular complexity index is 1460. The number of ether oxygens (including phenoxy) is 1. The van der Waals surface area contributed by atoms with Crippen LogP contribution in [0.2, 0.25) is 5.02 Å². The van der Waals surface area contributed by atoms with Crippen molar-refractivity contribution in [3.63, 3.8) is 0 Å². The maximum absolute atomic E-state index is 11.0. The molecule has 0 aliphatic heterocycles. The molecule has 0 spiro atoms. The topological polar surface area (TPSA) is 96.0 Å². The highest BCUT2D eigenvalue weighted by atomic mass is 35.5. The van der Waals surface area contributed by atoms with E-state index in [2.05, 4.69) is 4.98 Å². The fourth-order valence-electron chi connectivity index (χ4n) is 3.42. The predicted molar refractivity (Wildman–Crippen MR) is 118 cm³/mol. The average Bonchev–Trinajstić information content (AvgIpc) is 3.15. The molecule has 5 aromatic rings. The summed E-state index contributed by atoms with van der Waals surface area (Å²) in [5.74, 6) is 1.09. The average molecular weight is 432 g/mol. The van der Waals surface area contributed by atoms with Crippen molar-refractivity contribution < 1.29 is 9.66 Å². The number of nitro groups is 1. The summed E-state index contributed by atoms with van der Waals surface area (Å²) in [7, 11) is 1.55. The molecule has 2 aromatic heterocycles. The number of imidazole rings is 1. The van der Waals surface area contributed by atoms with E-state index in [4.69, 9.17) is 26.3 Å². The van der Waals surface area contributed by atoms with E-state index in [1.165, 1.54) is 12.1 Å². The third-order valence-corrected chi connectivity index (χ3v) is 5.20. The molecule has 0 fully saturated rings. The number of non-ortho nitro benzene ring substituents is 1. The van der Waals surface area contributed by atoms with Crippen molar-refractivity contribution >= 4 is 39.6 Å². The van der Waals surface area contributed by atoms with E-state index in [-0.39, 0.29) is 5.69 Å². The predicted octanol–water partition coefficient (Wildman–Crippen LogP) is 5.21. The molecule has 0 amide bonds. The highest BCUT2D eigenvalue weighted by Crippen LogP contribution is 2.32. The van der Waals surface area contributed by atoms with Crippen LogP contribution in [0, 0.1) is 10.1 Å². The maximum Gasteiger partial charge on any atom is 0.269 e. The number of halogens is 1. The van der Waals surface area contributed by atoms with Crippen LogP contribution in [0.25, 0.3) is 39.4 Å². The Balaban J connectivity index is 1.81. The standard InChI is InChI=1S/C22H14ClN5O3/c1-31-19-11-10-15(12-16(19)23)27-21(13-6-8-14(9-7-13)28(29)30)26-20-22(27)25-18-5-3-2-4-17(18)24-20/h2-12H,1H3. The molecule has 5 rings (SSSR count). The van der Waals surface area contributed by atoms with Crippen LogP contribution in [-0.4, -0.2) is 31.6 Å². The van der Waals surface area contributed by atoms with Gasteiger partial charge in [0.1, 0.15) is 11.6 Å². The number of nitrogens with zero attached hydrogens (tertiary/aromatic N) is 5. The van der Waals surface area contributed by atoms with E-state index in [1.54, 1.807) is 31.4 Å². The van der Waals surface area contributed by atoms with Gasteiger partial charge in [0.25, 0.3) is 5.69 Å². The van der Waals surface area contributed by atoms with Crippen molar-refractivity contribution in [1.29, 1.82) is 0 Å². The number of nitro benzene ring substituents is 1. The van der Waals surface area contributed by atoms with Gasteiger partial charge in [-0.25, -0.2) is 15.0 Å². The van der Waals surface area contributed by atoms with Crippen molar-refractivity contribution in [2.24, 2.45) is 0 Å². The number of benzene rings is 3. The first-order chi connectivity index (χ1) is 15.0. The van der Waals surface area contributed by atoms with Crippen LogP contribution in [0.5, 0.6) is 5.75 Å². The first-order valence-electron chi connectivity index (χ1n) is 9.29. The summed E-state index contributed by atoms with van der Waals surface area (Å²) in [5.41, 5.74) is 3.86. The molecule has 8 nitrogen and oxygen atoms in total. The van der Waals surface area contributed by atoms with Crippen LogP contribution >= 0.6 is 11.6 Å². The van der Waals surface area contributed by atoms with Crippen LogP contribution in [0.15, 0.2) is 66.7 Å². The minimum atomic E-state index is -0.439. The number of aromatic nitrogens is 4. The number of hydrogen-bond donors (Lipinski definition) is 0. The molecule has 31 heavy (non-hydrogen) atoms. The van der Waals surface area contributed by atoms with E-state index in [0.29, 0.717) is 39.1 Å². The number of hydrogen-bond acceptors (Lipinski definition) is 6. The third kappa shape index (κ3) is 3.23. The summed E-state index contributed by atoms with van der Waals surface area (Å²) in [6, 6.07) is 19.1. The van der Waals surface area contributed by atoms with Gasteiger partial charge in [0, 0.05) is 17.7 Å². The van der Waals surface area contributed by atoms with Gasteiger partial charge in [-0.15, -0.1) is 0 Å². The molecule has 0 N–H and O–H groups in total. The number of rotatable bonds is 4. The monoisotopic (exact) mass is 431 g/mol. The zero-order valence-electron chi connectivity index (χ0n) is 16.2. The van der Waals surface area contributed by atoms with E-state index in [0.717, 1.165) is 11.0 Å². The Morgan fingerprint density at radius 3 is 2.32 bits per heavy atom. The van der Waals surface area contributed by atoms with Gasteiger partial charge in [0.05, 0.1) is 33.8 Å². The van der Waals surface area contributed by atoms with Crippen LogP contribution in [0.1, 0.15) is 0 Å². The van der Waals surface area contributed by atoms with Gasteiger partial charge in [-0.3, -0.25) is 14.7 Å². The lowest BCUT2D eigenvalue weighted by atomic mass is 10.2. The summed E-state index contributed by atoms with van der Waals surface area (Å²) in [6.45, 7) is 0. The highest BCUT2D eigenvalue weighted by molar-refractivity contribution is 6.32. The SMILES string of the molecule is COc1ccc(-n2c(-c3ccc([N+](=O)[O-])cc3)nc3nc4ccccc4nc32)cc1Cl. The largest absolute Gasteiger partial charge is 0.495 e. The highest BCUT2D eigenvalue weighted by Gasteiger charge is 2.19. The maximum atomic E-state index is 11.0. The second kappa shape index (κ2) is 7.33. The molecule has 3 aromatic carbocycles. The van der Waals surface area contributed by atoms with Crippen LogP contribution in [0.3, 0.4) is 0 Å². The number of fused-ring (bicyclic) bond motifs is 2. The molecule has 0 atom stereocenters. The molecule has 0 radical (unpaired) electrons.